The Bertz CT molecular complexity index is 883. The molecule has 2 heteroatoms. The first kappa shape index (κ1) is 12.3. The Morgan fingerprint density at radius 2 is 1.33 bits per heavy atom. The summed E-state index contributed by atoms with van der Waals surface area (Å²) in [7, 11) is 2.14. The standard InChI is InChI=1S/C19H15BN/c1-20-14-7-6-8-15(13-14)21-18-11-4-2-9-16(18)17-10-3-5-12-19(17)21/h2-13H,1H3. The number of aromatic nitrogens is 1. The molecular formula is C19H15BN. The van der Waals surface area contributed by atoms with E-state index in [0.717, 1.165) is 0 Å². The van der Waals surface area contributed by atoms with Crippen LogP contribution in [-0.4, -0.2) is 11.8 Å². The van der Waals surface area contributed by atoms with Gasteiger partial charge in [-0.3, -0.25) is 0 Å². The third kappa shape index (κ3) is 1.87. The SMILES string of the molecule is C[B]c1cccc(-n2c3ccccc3c3ccccc32)c1. The van der Waals surface area contributed by atoms with Gasteiger partial charge in [-0.2, -0.15) is 0 Å². The zero-order chi connectivity index (χ0) is 14.2. The number of nitrogens with zero attached hydrogens (tertiary/aromatic N) is 1. The summed E-state index contributed by atoms with van der Waals surface area (Å²) in [6.45, 7) is 2.07. The van der Waals surface area contributed by atoms with Crippen molar-refractivity contribution in [2.75, 3.05) is 0 Å². The zero-order valence-corrected chi connectivity index (χ0v) is 12.0. The fourth-order valence-electron chi connectivity index (χ4n) is 3.04. The smallest absolute Gasteiger partial charge is 0.148 e. The second-order valence-electron chi connectivity index (χ2n) is 5.25. The Kier molecular flexibility index (Phi) is 2.82. The molecule has 1 radical (unpaired) electrons. The lowest BCUT2D eigenvalue weighted by Gasteiger charge is -2.09. The van der Waals surface area contributed by atoms with Crippen molar-refractivity contribution in [1.82, 2.24) is 4.57 Å². The van der Waals surface area contributed by atoms with Crippen molar-refractivity contribution < 1.29 is 0 Å². The summed E-state index contributed by atoms with van der Waals surface area (Å²) >= 11 is 0. The molecule has 0 saturated heterocycles. The molecule has 0 saturated carbocycles. The van der Waals surface area contributed by atoms with Crippen molar-refractivity contribution in [2.24, 2.45) is 0 Å². The van der Waals surface area contributed by atoms with Crippen molar-refractivity contribution in [3.05, 3.63) is 72.8 Å². The molecule has 1 aromatic heterocycles. The summed E-state index contributed by atoms with van der Waals surface area (Å²) in [6.07, 6.45) is 0. The molecule has 1 nitrogen and oxygen atoms in total. The highest BCUT2D eigenvalue weighted by atomic mass is 15.0. The van der Waals surface area contributed by atoms with Crippen molar-refractivity contribution in [3.63, 3.8) is 0 Å². The third-order valence-electron chi connectivity index (χ3n) is 4.04. The van der Waals surface area contributed by atoms with Crippen LogP contribution < -0.4 is 5.46 Å². The third-order valence-corrected chi connectivity index (χ3v) is 4.04. The lowest BCUT2D eigenvalue weighted by molar-refractivity contribution is 1.18. The summed E-state index contributed by atoms with van der Waals surface area (Å²) < 4.78 is 2.34. The van der Waals surface area contributed by atoms with E-state index in [2.05, 4.69) is 91.5 Å². The summed E-state index contributed by atoms with van der Waals surface area (Å²) in [5.74, 6) is 0. The fraction of sp³-hybridized carbons (Fsp3) is 0.0526. The van der Waals surface area contributed by atoms with Crippen LogP contribution in [-0.2, 0) is 0 Å². The molecular weight excluding hydrogens is 253 g/mol. The normalized spacial score (nSPS) is 11.1. The number of hydrogen-bond donors (Lipinski definition) is 0. The van der Waals surface area contributed by atoms with Gasteiger partial charge in [0.2, 0.25) is 0 Å². The maximum absolute atomic E-state index is 2.34. The average Bonchev–Trinajstić information content (AvgIpc) is 2.89. The number of hydrogen-bond acceptors (Lipinski definition) is 0. The van der Waals surface area contributed by atoms with E-state index in [9.17, 15) is 0 Å². The fourth-order valence-corrected chi connectivity index (χ4v) is 3.04. The van der Waals surface area contributed by atoms with E-state index in [-0.39, 0.29) is 0 Å². The molecule has 0 aliphatic rings. The summed E-state index contributed by atoms with van der Waals surface area (Å²) in [6, 6.07) is 25.9. The lowest BCUT2D eigenvalue weighted by atomic mass is 9.73. The molecule has 21 heavy (non-hydrogen) atoms. The number of para-hydroxylation sites is 2. The van der Waals surface area contributed by atoms with Gasteiger partial charge in [0.1, 0.15) is 7.28 Å². The van der Waals surface area contributed by atoms with Gasteiger partial charge >= 0.3 is 0 Å². The minimum atomic E-state index is 1.21. The first-order valence-corrected chi connectivity index (χ1v) is 7.26. The lowest BCUT2D eigenvalue weighted by Crippen LogP contribution is -2.11. The van der Waals surface area contributed by atoms with Gasteiger partial charge < -0.3 is 4.57 Å². The molecule has 0 atom stereocenters. The average molecular weight is 268 g/mol. The van der Waals surface area contributed by atoms with Gasteiger partial charge in [-0.15, -0.1) is 0 Å². The largest absolute Gasteiger partial charge is 0.309 e. The van der Waals surface area contributed by atoms with Crippen LogP contribution in [0.1, 0.15) is 0 Å². The molecule has 4 aromatic rings. The quantitative estimate of drug-likeness (QED) is 0.481. The van der Waals surface area contributed by atoms with Crippen LogP contribution in [0.4, 0.5) is 0 Å². The Balaban J connectivity index is 2.14. The summed E-state index contributed by atoms with van der Waals surface area (Å²) in [4.78, 5) is 0. The van der Waals surface area contributed by atoms with Crippen LogP contribution in [0.2, 0.25) is 6.82 Å². The number of rotatable bonds is 2. The first-order chi connectivity index (χ1) is 10.4. The van der Waals surface area contributed by atoms with Crippen LogP contribution >= 0.6 is 0 Å². The Hall–Kier alpha value is -2.48. The molecule has 0 fully saturated rings. The highest BCUT2D eigenvalue weighted by Gasteiger charge is 2.10. The van der Waals surface area contributed by atoms with E-state index in [1.165, 1.54) is 33.0 Å². The minimum absolute atomic E-state index is 1.21. The zero-order valence-electron chi connectivity index (χ0n) is 12.0. The number of fused-ring (bicyclic) bond motifs is 3. The molecule has 0 aliphatic carbocycles. The van der Waals surface area contributed by atoms with E-state index in [1.54, 1.807) is 0 Å². The molecule has 0 amide bonds. The van der Waals surface area contributed by atoms with Crippen LogP contribution in [0.3, 0.4) is 0 Å². The van der Waals surface area contributed by atoms with Gasteiger partial charge in [0.25, 0.3) is 0 Å². The van der Waals surface area contributed by atoms with Crippen molar-refractivity contribution in [3.8, 4) is 5.69 Å². The van der Waals surface area contributed by atoms with E-state index in [0.29, 0.717) is 0 Å². The highest BCUT2D eigenvalue weighted by Crippen LogP contribution is 2.31. The Labute approximate surface area is 125 Å². The van der Waals surface area contributed by atoms with Crippen LogP contribution in [0.5, 0.6) is 0 Å². The second-order valence-corrected chi connectivity index (χ2v) is 5.25. The van der Waals surface area contributed by atoms with E-state index >= 15 is 0 Å². The summed E-state index contributed by atoms with van der Waals surface area (Å²) in [5, 5.41) is 2.61. The van der Waals surface area contributed by atoms with Gasteiger partial charge in [-0.25, -0.2) is 0 Å². The predicted molar refractivity (Wildman–Crippen MR) is 92.0 cm³/mol. The Morgan fingerprint density at radius 1 is 0.714 bits per heavy atom. The molecule has 0 unspecified atom stereocenters. The molecule has 0 N–H and O–H groups in total. The van der Waals surface area contributed by atoms with Crippen molar-refractivity contribution in [1.29, 1.82) is 0 Å². The van der Waals surface area contributed by atoms with Gasteiger partial charge in [0.15, 0.2) is 0 Å². The van der Waals surface area contributed by atoms with E-state index in [1.807, 2.05) is 0 Å². The maximum Gasteiger partial charge on any atom is 0.148 e. The molecule has 4 rings (SSSR count). The molecule has 3 aromatic carbocycles. The molecule has 1 heterocycles. The molecule has 0 spiro atoms. The second kappa shape index (κ2) is 4.82. The summed E-state index contributed by atoms with van der Waals surface area (Å²) in [5.41, 5.74) is 4.97. The number of benzene rings is 3. The molecule has 0 aliphatic heterocycles. The van der Waals surface area contributed by atoms with Crippen LogP contribution in [0, 0.1) is 0 Å². The maximum atomic E-state index is 2.34. The van der Waals surface area contributed by atoms with Crippen molar-refractivity contribution in [2.45, 2.75) is 6.82 Å². The van der Waals surface area contributed by atoms with Gasteiger partial charge in [0, 0.05) is 16.5 Å². The van der Waals surface area contributed by atoms with Gasteiger partial charge in [-0.1, -0.05) is 60.8 Å². The highest BCUT2D eigenvalue weighted by molar-refractivity contribution is 6.52. The van der Waals surface area contributed by atoms with E-state index in [4.69, 9.17) is 0 Å². The van der Waals surface area contributed by atoms with Crippen LogP contribution in [0.15, 0.2) is 72.8 Å². The van der Waals surface area contributed by atoms with E-state index < -0.39 is 0 Å². The van der Waals surface area contributed by atoms with Crippen LogP contribution in [0.25, 0.3) is 27.5 Å². The molecule has 0 bridgehead atoms. The Morgan fingerprint density at radius 3 is 1.95 bits per heavy atom. The minimum Gasteiger partial charge on any atom is -0.309 e. The first-order valence-electron chi connectivity index (χ1n) is 7.26. The topological polar surface area (TPSA) is 4.93 Å². The molecule has 99 valence electrons. The van der Waals surface area contributed by atoms with Gasteiger partial charge in [0.05, 0.1) is 11.0 Å². The monoisotopic (exact) mass is 268 g/mol. The van der Waals surface area contributed by atoms with Gasteiger partial charge in [-0.05, 0) is 24.3 Å². The predicted octanol–water partition coefficient (Wildman–Crippen LogP) is 4.16. The van der Waals surface area contributed by atoms with Crippen molar-refractivity contribution >= 4 is 34.5 Å².